The number of allylic oxidation sites excluding steroid dienone is 1. The number of nitrogens with one attached hydrogen (secondary N) is 1. The molecule has 0 aliphatic heterocycles. The molecule has 1 aromatic carbocycles. The fourth-order valence-corrected chi connectivity index (χ4v) is 4.34. The number of terminal acetylenes is 1. The zero-order valence-corrected chi connectivity index (χ0v) is 24.9. The van der Waals surface area contributed by atoms with Gasteiger partial charge < -0.3 is 33.7 Å². The molecule has 2 unspecified atom stereocenters. The maximum Gasteiger partial charge on any atom is 0.328 e. The van der Waals surface area contributed by atoms with Gasteiger partial charge in [-0.2, -0.15) is 0 Å². The van der Waals surface area contributed by atoms with Gasteiger partial charge in [-0.25, -0.2) is 4.79 Å². The van der Waals surface area contributed by atoms with Crippen LogP contribution in [0.15, 0.2) is 42.2 Å². The predicted molar refractivity (Wildman–Crippen MR) is 156 cm³/mol. The Morgan fingerprint density at radius 1 is 1.05 bits per heavy atom. The Morgan fingerprint density at radius 2 is 1.66 bits per heavy atom. The fraction of sp³-hybridized carbons (Fsp3) is 0.625. The molecule has 228 valence electrons. The van der Waals surface area contributed by atoms with Gasteiger partial charge in [0, 0.05) is 12.0 Å². The molecule has 0 aromatic heterocycles. The first-order valence-corrected chi connectivity index (χ1v) is 14.5. The Hall–Kier alpha value is -2.90. The van der Waals surface area contributed by atoms with E-state index < -0.39 is 12.0 Å². The van der Waals surface area contributed by atoms with Crippen LogP contribution in [0, 0.1) is 18.3 Å². The zero-order chi connectivity index (χ0) is 29.8. The van der Waals surface area contributed by atoms with Crippen LogP contribution < -0.4 is 5.32 Å². The Morgan fingerprint density at radius 3 is 2.22 bits per heavy atom. The molecule has 1 aliphatic carbocycles. The standard InChI is InChI=1S/C32H47NO8/c1-5-7-13-28(15-18-38-20-22-40-24-23-39-21-19-37-17-6-2)41-32(25-26(32)3)16-14-29(31(35)36-4)33-30(34)27-11-9-8-10-12-27/h2,8-13,26,29H,5,7,14-25H2,1,3-4H3,(H,33,34)/b28-13+/t26?,29-,32?/m0/s1. The third-order valence-electron chi connectivity index (χ3n) is 6.86. The highest BCUT2D eigenvalue weighted by Gasteiger charge is 2.54. The maximum absolute atomic E-state index is 12.7. The number of ether oxygens (including phenoxy) is 6. The predicted octanol–water partition coefficient (Wildman–Crippen LogP) is 4.31. The van der Waals surface area contributed by atoms with Crippen LogP contribution in [0.4, 0.5) is 0 Å². The summed E-state index contributed by atoms with van der Waals surface area (Å²) in [4.78, 5) is 25.2. The molecule has 1 amide bonds. The molecular weight excluding hydrogens is 526 g/mol. The molecule has 1 saturated carbocycles. The van der Waals surface area contributed by atoms with Gasteiger partial charge >= 0.3 is 5.97 Å². The van der Waals surface area contributed by atoms with Gasteiger partial charge in [0.25, 0.3) is 5.91 Å². The van der Waals surface area contributed by atoms with Gasteiger partial charge in [-0.1, -0.05) is 44.4 Å². The van der Waals surface area contributed by atoms with Gasteiger partial charge in [0.15, 0.2) is 0 Å². The molecule has 9 nitrogen and oxygen atoms in total. The number of carbonyl (C=O) groups is 2. The van der Waals surface area contributed by atoms with E-state index in [1.165, 1.54) is 7.11 Å². The summed E-state index contributed by atoms with van der Waals surface area (Å²) >= 11 is 0. The van der Waals surface area contributed by atoms with Crippen LogP contribution in [0.3, 0.4) is 0 Å². The summed E-state index contributed by atoms with van der Waals surface area (Å²) in [5.41, 5.74) is 0.135. The van der Waals surface area contributed by atoms with Crippen LogP contribution in [-0.2, 0) is 33.2 Å². The van der Waals surface area contributed by atoms with Gasteiger partial charge in [-0.3, -0.25) is 4.79 Å². The lowest BCUT2D eigenvalue weighted by Gasteiger charge is -2.24. The normalized spacial score (nSPS) is 18.8. The van der Waals surface area contributed by atoms with Crippen LogP contribution in [0.2, 0.25) is 0 Å². The topological polar surface area (TPSA) is 102 Å². The van der Waals surface area contributed by atoms with E-state index in [9.17, 15) is 9.59 Å². The molecular formula is C32H47NO8. The van der Waals surface area contributed by atoms with Crippen molar-refractivity contribution in [1.29, 1.82) is 0 Å². The van der Waals surface area contributed by atoms with Crippen LogP contribution in [0.1, 0.15) is 62.7 Å². The number of unbranched alkanes of at least 4 members (excludes halogenated alkanes) is 1. The molecule has 0 bridgehead atoms. The summed E-state index contributed by atoms with van der Waals surface area (Å²) in [6.45, 7) is 7.99. The van der Waals surface area contributed by atoms with Crippen molar-refractivity contribution < 1.29 is 38.0 Å². The second kappa shape index (κ2) is 20.1. The molecule has 0 spiro atoms. The summed E-state index contributed by atoms with van der Waals surface area (Å²) in [6, 6.07) is 8.09. The molecule has 1 aliphatic rings. The Bertz CT molecular complexity index is 960. The minimum Gasteiger partial charge on any atom is -0.492 e. The summed E-state index contributed by atoms with van der Waals surface area (Å²) in [7, 11) is 1.33. The highest BCUT2D eigenvalue weighted by atomic mass is 16.6. The van der Waals surface area contributed by atoms with Crippen molar-refractivity contribution in [3.63, 3.8) is 0 Å². The molecule has 0 radical (unpaired) electrons. The first-order valence-electron chi connectivity index (χ1n) is 14.5. The lowest BCUT2D eigenvalue weighted by Crippen LogP contribution is -2.42. The van der Waals surface area contributed by atoms with Crippen molar-refractivity contribution in [3.05, 3.63) is 47.7 Å². The van der Waals surface area contributed by atoms with Crippen LogP contribution in [-0.4, -0.2) is 83.5 Å². The number of methoxy groups -OCH3 is 1. The third kappa shape index (κ3) is 13.5. The van der Waals surface area contributed by atoms with Gasteiger partial charge in [0.1, 0.15) is 18.2 Å². The minimum atomic E-state index is -0.750. The SMILES string of the molecule is C#CCOCCOCCOCCOCC/C(=C\CCC)OC1(CC[C@H](NC(=O)c2ccccc2)C(=O)OC)CC1C. The molecule has 0 saturated heterocycles. The van der Waals surface area contributed by atoms with E-state index in [-0.39, 0.29) is 11.5 Å². The largest absolute Gasteiger partial charge is 0.492 e. The molecule has 1 N–H and O–H groups in total. The second-order valence-electron chi connectivity index (χ2n) is 10.0. The third-order valence-corrected chi connectivity index (χ3v) is 6.86. The van der Waals surface area contributed by atoms with Crippen LogP contribution in [0.25, 0.3) is 0 Å². The average Bonchev–Trinajstić information content (AvgIpc) is 3.63. The monoisotopic (exact) mass is 573 g/mol. The van der Waals surface area contributed by atoms with Crippen molar-refractivity contribution in [3.8, 4) is 12.3 Å². The van der Waals surface area contributed by atoms with E-state index in [2.05, 4.69) is 31.2 Å². The summed E-state index contributed by atoms with van der Waals surface area (Å²) in [5, 5.41) is 2.83. The zero-order valence-electron chi connectivity index (χ0n) is 24.9. The van der Waals surface area contributed by atoms with E-state index >= 15 is 0 Å². The van der Waals surface area contributed by atoms with Crippen molar-refractivity contribution in [2.24, 2.45) is 5.92 Å². The number of hydrogen-bond donors (Lipinski definition) is 1. The van der Waals surface area contributed by atoms with Gasteiger partial charge in [0.05, 0.1) is 59.1 Å². The Kier molecular flexibility index (Phi) is 16.8. The molecule has 41 heavy (non-hydrogen) atoms. The van der Waals surface area contributed by atoms with Crippen molar-refractivity contribution >= 4 is 11.9 Å². The van der Waals surface area contributed by atoms with E-state index in [1.54, 1.807) is 24.3 Å². The lowest BCUT2D eigenvalue weighted by molar-refractivity contribution is -0.143. The second-order valence-corrected chi connectivity index (χ2v) is 10.0. The maximum atomic E-state index is 12.7. The molecule has 1 fully saturated rings. The van der Waals surface area contributed by atoms with Gasteiger partial charge in [-0.15, -0.1) is 6.42 Å². The fourth-order valence-electron chi connectivity index (χ4n) is 4.34. The summed E-state index contributed by atoms with van der Waals surface area (Å²) < 4.78 is 33.4. The molecule has 2 rings (SSSR count). The van der Waals surface area contributed by atoms with Gasteiger partial charge in [-0.05, 0) is 49.8 Å². The highest BCUT2D eigenvalue weighted by molar-refractivity contribution is 5.96. The Balaban J connectivity index is 1.75. The summed E-state index contributed by atoms with van der Waals surface area (Å²) in [5.74, 6) is 2.89. The van der Waals surface area contributed by atoms with E-state index in [1.807, 2.05) is 6.07 Å². The molecule has 3 atom stereocenters. The lowest BCUT2D eigenvalue weighted by atomic mass is 10.0. The first kappa shape index (κ1) is 34.3. The van der Waals surface area contributed by atoms with Gasteiger partial charge in [0.2, 0.25) is 0 Å². The van der Waals surface area contributed by atoms with Crippen molar-refractivity contribution in [1.82, 2.24) is 5.32 Å². The molecule has 1 aromatic rings. The quantitative estimate of drug-likeness (QED) is 0.0895. The Labute approximate surface area is 245 Å². The van der Waals surface area contributed by atoms with Crippen molar-refractivity contribution in [2.75, 3.05) is 60.0 Å². The van der Waals surface area contributed by atoms with Crippen LogP contribution in [0.5, 0.6) is 0 Å². The molecule has 9 heteroatoms. The smallest absolute Gasteiger partial charge is 0.328 e. The van der Waals surface area contributed by atoms with E-state index in [0.717, 1.165) is 25.0 Å². The molecule has 0 heterocycles. The number of rotatable bonds is 23. The minimum absolute atomic E-state index is 0.294. The number of benzene rings is 1. The average molecular weight is 574 g/mol. The number of esters is 1. The number of hydrogen-bond acceptors (Lipinski definition) is 8. The van der Waals surface area contributed by atoms with E-state index in [0.29, 0.717) is 83.6 Å². The summed E-state index contributed by atoms with van der Waals surface area (Å²) in [6.07, 6.45) is 11.8. The van der Waals surface area contributed by atoms with E-state index in [4.69, 9.17) is 34.8 Å². The number of amides is 1. The first-order chi connectivity index (χ1) is 20.0. The number of carbonyl (C=O) groups excluding carboxylic acids is 2. The van der Waals surface area contributed by atoms with Crippen molar-refractivity contribution in [2.45, 2.75) is 64.0 Å². The highest BCUT2D eigenvalue weighted by Crippen LogP contribution is 2.51. The van der Waals surface area contributed by atoms with Crippen LogP contribution >= 0.6 is 0 Å².